The fourth-order valence-corrected chi connectivity index (χ4v) is 2.38. The van der Waals surface area contributed by atoms with Gasteiger partial charge in [0.05, 0.1) is 6.33 Å². The first-order valence-corrected chi connectivity index (χ1v) is 6.90. The van der Waals surface area contributed by atoms with Gasteiger partial charge < -0.3 is 10.1 Å². The average molecular weight is 272 g/mol. The molecule has 1 saturated heterocycles. The first kappa shape index (κ1) is 13.1. The largest absolute Gasteiger partial charge is 0.362 e. The molecule has 2 aromatic heterocycles. The van der Waals surface area contributed by atoms with Gasteiger partial charge in [-0.15, -0.1) is 0 Å². The van der Waals surface area contributed by atoms with Crippen LogP contribution in [0.3, 0.4) is 0 Å². The number of hydrogen-bond donors (Lipinski definition) is 1. The molecule has 2 atom stereocenters. The molecular formula is C14H18N5O. The van der Waals surface area contributed by atoms with Crippen molar-refractivity contribution in [2.75, 3.05) is 11.9 Å². The van der Waals surface area contributed by atoms with Crippen LogP contribution in [0.5, 0.6) is 0 Å². The second-order valence-corrected chi connectivity index (χ2v) is 4.99. The maximum Gasteiger partial charge on any atom is 0.167 e. The SMILES string of the molecule is [CH]=CC(C)Nc1ncnc2c1ncn2C1CCCCO1. The van der Waals surface area contributed by atoms with E-state index in [0.717, 1.165) is 30.6 Å². The van der Waals surface area contributed by atoms with Crippen LogP contribution in [0.1, 0.15) is 32.4 Å². The number of anilines is 1. The third-order valence-electron chi connectivity index (χ3n) is 3.48. The molecule has 0 saturated carbocycles. The summed E-state index contributed by atoms with van der Waals surface area (Å²) in [7, 11) is 0. The molecule has 0 aliphatic carbocycles. The van der Waals surface area contributed by atoms with E-state index in [4.69, 9.17) is 11.3 Å². The van der Waals surface area contributed by atoms with E-state index in [9.17, 15) is 0 Å². The van der Waals surface area contributed by atoms with E-state index < -0.39 is 0 Å². The highest BCUT2D eigenvalue weighted by Gasteiger charge is 2.20. The highest BCUT2D eigenvalue weighted by Crippen LogP contribution is 2.27. The summed E-state index contributed by atoms with van der Waals surface area (Å²) in [5, 5.41) is 3.20. The van der Waals surface area contributed by atoms with Crippen molar-refractivity contribution < 1.29 is 4.74 Å². The number of fused-ring (bicyclic) bond motifs is 1. The summed E-state index contributed by atoms with van der Waals surface area (Å²) in [4.78, 5) is 13.0. The van der Waals surface area contributed by atoms with E-state index in [-0.39, 0.29) is 12.3 Å². The minimum atomic E-state index is 0.0178. The predicted molar refractivity (Wildman–Crippen MR) is 76.1 cm³/mol. The van der Waals surface area contributed by atoms with E-state index >= 15 is 0 Å². The number of ether oxygens (including phenoxy) is 1. The van der Waals surface area contributed by atoms with Gasteiger partial charge in [-0.2, -0.15) is 0 Å². The quantitative estimate of drug-likeness (QED) is 0.925. The summed E-state index contributed by atoms with van der Waals surface area (Å²) >= 11 is 0. The van der Waals surface area contributed by atoms with Crippen LogP contribution in [0.4, 0.5) is 5.82 Å². The zero-order chi connectivity index (χ0) is 13.9. The first-order chi connectivity index (χ1) is 9.79. The summed E-state index contributed by atoms with van der Waals surface area (Å²) in [6.07, 6.45) is 8.19. The lowest BCUT2D eigenvalue weighted by atomic mass is 10.2. The third-order valence-corrected chi connectivity index (χ3v) is 3.48. The maximum atomic E-state index is 5.79. The zero-order valence-corrected chi connectivity index (χ0v) is 11.5. The van der Waals surface area contributed by atoms with Gasteiger partial charge in [-0.1, -0.05) is 12.7 Å². The first-order valence-electron chi connectivity index (χ1n) is 6.90. The molecule has 2 unspecified atom stereocenters. The van der Waals surface area contributed by atoms with Gasteiger partial charge in [0.2, 0.25) is 0 Å². The number of aromatic nitrogens is 4. The van der Waals surface area contributed by atoms with Gasteiger partial charge in [0.1, 0.15) is 12.6 Å². The van der Waals surface area contributed by atoms with E-state index in [1.54, 1.807) is 12.4 Å². The van der Waals surface area contributed by atoms with Crippen molar-refractivity contribution in [1.29, 1.82) is 0 Å². The molecule has 105 valence electrons. The fourth-order valence-electron chi connectivity index (χ4n) is 2.38. The van der Waals surface area contributed by atoms with E-state index in [0.29, 0.717) is 5.82 Å². The molecule has 0 aromatic carbocycles. The smallest absolute Gasteiger partial charge is 0.167 e. The van der Waals surface area contributed by atoms with E-state index in [1.807, 2.05) is 11.5 Å². The average Bonchev–Trinajstić information content (AvgIpc) is 2.93. The lowest BCUT2D eigenvalue weighted by molar-refractivity contribution is -0.0298. The monoisotopic (exact) mass is 272 g/mol. The number of rotatable bonds is 4. The molecule has 0 spiro atoms. The predicted octanol–water partition coefficient (Wildman–Crippen LogP) is 2.31. The Kier molecular flexibility index (Phi) is 3.64. The highest BCUT2D eigenvalue weighted by molar-refractivity contribution is 5.82. The van der Waals surface area contributed by atoms with E-state index in [1.165, 1.54) is 12.7 Å². The third kappa shape index (κ3) is 2.38. The highest BCUT2D eigenvalue weighted by atomic mass is 16.5. The van der Waals surface area contributed by atoms with Gasteiger partial charge >= 0.3 is 0 Å². The number of imidazole rings is 1. The molecule has 20 heavy (non-hydrogen) atoms. The van der Waals surface area contributed by atoms with Crippen molar-refractivity contribution in [2.45, 2.75) is 38.5 Å². The Morgan fingerprint density at radius 1 is 1.45 bits per heavy atom. The molecule has 1 aliphatic heterocycles. The summed E-state index contributed by atoms with van der Waals surface area (Å²) < 4.78 is 7.77. The number of nitrogens with zero attached hydrogens (tertiary/aromatic N) is 4. The van der Waals surface area contributed by atoms with Crippen molar-refractivity contribution in [3.05, 3.63) is 25.3 Å². The Morgan fingerprint density at radius 2 is 2.35 bits per heavy atom. The van der Waals surface area contributed by atoms with Gasteiger partial charge in [-0.05, 0) is 26.2 Å². The lowest BCUT2D eigenvalue weighted by Crippen LogP contribution is -2.18. The minimum Gasteiger partial charge on any atom is -0.362 e. The molecule has 2 aromatic rings. The second-order valence-electron chi connectivity index (χ2n) is 4.99. The molecule has 1 N–H and O–H groups in total. The van der Waals surface area contributed by atoms with Crippen molar-refractivity contribution in [2.24, 2.45) is 0 Å². The standard InChI is InChI=1S/C14H18N5O/c1-3-10(2)18-13-12-14(16-8-15-13)19(9-17-12)11-6-4-5-7-20-11/h1,3,8-11H,4-7H2,2H3,(H,15,16,18). The van der Waals surface area contributed by atoms with Crippen LogP contribution in [0.15, 0.2) is 18.7 Å². The Hall–Kier alpha value is -1.95. The lowest BCUT2D eigenvalue weighted by Gasteiger charge is -2.23. The van der Waals surface area contributed by atoms with Crippen molar-refractivity contribution in [1.82, 2.24) is 19.5 Å². The van der Waals surface area contributed by atoms with E-state index in [2.05, 4.69) is 20.3 Å². The number of nitrogens with one attached hydrogen (secondary N) is 1. The van der Waals surface area contributed by atoms with Crippen LogP contribution in [0.2, 0.25) is 0 Å². The van der Waals surface area contributed by atoms with Gasteiger partial charge in [0, 0.05) is 12.6 Å². The molecule has 3 rings (SSSR count). The summed E-state index contributed by atoms with van der Waals surface area (Å²) in [6, 6.07) is 0.0178. The van der Waals surface area contributed by atoms with Crippen LogP contribution in [-0.2, 0) is 4.74 Å². The molecule has 6 heteroatoms. The molecule has 0 bridgehead atoms. The molecule has 1 aliphatic rings. The van der Waals surface area contributed by atoms with Crippen LogP contribution in [0.25, 0.3) is 11.2 Å². The maximum absolute atomic E-state index is 5.79. The molecule has 0 amide bonds. The van der Waals surface area contributed by atoms with Crippen molar-refractivity contribution in [3.8, 4) is 0 Å². The minimum absolute atomic E-state index is 0.0178. The van der Waals surface area contributed by atoms with Crippen LogP contribution >= 0.6 is 0 Å². The van der Waals surface area contributed by atoms with Crippen LogP contribution in [-0.4, -0.2) is 32.2 Å². The Morgan fingerprint density at radius 3 is 3.10 bits per heavy atom. The molecule has 6 nitrogen and oxygen atoms in total. The summed E-state index contributed by atoms with van der Waals surface area (Å²) in [6.45, 7) is 8.25. The molecular weight excluding hydrogens is 254 g/mol. The van der Waals surface area contributed by atoms with Crippen molar-refractivity contribution >= 4 is 17.0 Å². The van der Waals surface area contributed by atoms with Crippen LogP contribution in [0, 0.1) is 6.58 Å². The van der Waals surface area contributed by atoms with Crippen LogP contribution < -0.4 is 5.32 Å². The summed E-state index contributed by atoms with van der Waals surface area (Å²) in [5.41, 5.74) is 1.54. The molecule has 1 fully saturated rings. The Balaban J connectivity index is 1.96. The summed E-state index contributed by atoms with van der Waals surface area (Å²) in [5.74, 6) is 0.693. The van der Waals surface area contributed by atoms with Crippen molar-refractivity contribution in [3.63, 3.8) is 0 Å². The van der Waals surface area contributed by atoms with Gasteiger partial charge in [0.15, 0.2) is 17.0 Å². The topological polar surface area (TPSA) is 64.9 Å². The fraction of sp³-hybridized carbons (Fsp3) is 0.500. The molecule has 1 radical (unpaired) electrons. The Bertz CT molecular complexity index is 603. The van der Waals surface area contributed by atoms with Gasteiger partial charge in [-0.25, -0.2) is 15.0 Å². The second kappa shape index (κ2) is 5.58. The molecule has 3 heterocycles. The number of hydrogen-bond acceptors (Lipinski definition) is 5. The Labute approximate surface area is 117 Å². The van der Waals surface area contributed by atoms with Gasteiger partial charge in [0.25, 0.3) is 0 Å². The van der Waals surface area contributed by atoms with Gasteiger partial charge in [-0.3, -0.25) is 4.57 Å². The zero-order valence-electron chi connectivity index (χ0n) is 11.5. The normalized spacial score (nSPS) is 20.8.